The average molecular weight is 1310 g/mol. The zero-order chi connectivity index (χ0) is 61.9. The molecule has 0 radical (unpaired) electrons. The molecule has 438 valence electrons. The molecule has 10 heteroatoms. The van der Waals surface area contributed by atoms with Gasteiger partial charge in [-0.3, -0.25) is 0 Å². The summed E-state index contributed by atoms with van der Waals surface area (Å²) in [4.78, 5) is 15.2. The van der Waals surface area contributed by atoms with E-state index in [4.69, 9.17) is 0 Å². The minimum Gasteiger partial charge on any atom is -0.311 e. The van der Waals surface area contributed by atoms with Crippen molar-refractivity contribution in [3.63, 3.8) is 0 Å². The smallest absolute Gasteiger partial charge is 0.252 e. The van der Waals surface area contributed by atoms with Crippen LogP contribution in [0.4, 0.5) is 102 Å². The predicted molar refractivity (Wildman–Crippen MR) is 398 cm³/mol. The standard InChI is InChI=1S/C82H60B2Br2N6/c1-53-43-57(85)44-54(2)81(53)87(59-27-11-5-12-28-59)65-47-75-79-77(49-65)91(63-35-19-9-20-36-63)73-52-74-70(51-69(73)83(79)67-39-23-25-41-71(67)89(75)61-31-15-7-16-32-61)84-68-40-24-26-42-72(68)90(62-33-17-8-18-34-62)76-48-66(50-78(80(76)84)92(74)64-37-21-10-22-38-64)88(60-29-13-6-14-30-60)82-55(3)45-58(86)46-56(82)4/h5-52H,1-4H3. The van der Waals surface area contributed by atoms with E-state index in [1.807, 2.05) is 0 Å². The Kier molecular flexibility index (Phi) is 13.5. The van der Waals surface area contributed by atoms with Gasteiger partial charge >= 0.3 is 0 Å². The molecule has 0 aliphatic carbocycles. The van der Waals surface area contributed by atoms with Crippen LogP contribution in [-0.2, 0) is 0 Å². The monoisotopic (exact) mass is 1310 g/mol. The number of nitrogens with zero attached hydrogens (tertiary/aromatic N) is 6. The highest BCUT2D eigenvalue weighted by molar-refractivity contribution is 9.10. The third-order valence-electron chi connectivity index (χ3n) is 19.0. The van der Waals surface area contributed by atoms with Gasteiger partial charge in [0.1, 0.15) is 0 Å². The lowest BCUT2D eigenvalue weighted by Gasteiger charge is -2.48. The quantitative estimate of drug-likeness (QED) is 0.126. The van der Waals surface area contributed by atoms with Crippen molar-refractivity contribution in [3.05, 3.63) is 322 Å². The topological polar surface area (TPSA) is 19.4 Å². The Balaban J connectivity index is 1.00. The van der Waals surface area contributed by atoms with E-state index < -0.39 is 0 Å². The largest absolute Gasteiger partial charge is 0.311 e. The van der Waals surface area contributed by atoms with Crippen LogP contribution in [0.3, 0.4) is 0 Å². The molecule has 0 saturated carbocycles. The molecular weight excluding hydrogens is 1250 g/mol. The zero-order valence-corrected chi connectivity index (χ0v) is 54.5. The first kappa shape index (κ1) is 55.8. The maximum absolute atomic E-state index is 3.88. The predicted octanol–water partition coefficient (Wildman–Crippen LogP) is 19.6. The fourth-order valence-corrected chi connectivity index (χ4v) is 16.9. The molecule has 0 unspecified atom stereocenters. The molecule has 0 atom stereocenters. The number of fused-ring (bicyclic) bond motifs is 8. The Bertz CT molecular complexity index is 4700. The molecule has 0 fully saturated rings. The number of para-hydroxylation sites is 8. The second-order valence-electron chi connectivity index (χ2n) is 24.6. The molecule has 92 heavy (non-hydrogen) atoms. The molecule has 17 rings (SSSR count). The van der Waals surface area contributed by atoms with E-state index in [1.54, 1.807) is 0 Å². The van der Waals surface area contributed by atoms with Crippen molar-refractivity contribution in [2.75, 3.05) is 29.4 Å². The minimum absolute atomic E-state index is 0.170. The van der Waals surface area contributed by atoms with E-state index in [1.165, 1.54) is 55.0 Å². The number of aryl methyl sites for hydroxylation is 4. The van der Waals surface area contributed by atoms with Gasteiger partial charge in [-0.2, -0.15) is 0 Å². The molecule has 0 saturated heterocycles. The van der Waals surface area contributed by atoms with Crippen LogP contribution >= 0.6 is 31.9 Å². The molecule has 0 aromatic heterocycles. The van der Waals surface area contributed by atoms with Gasteiger partial charge in [0.2, 0.25) is 0 Å². The molecule has 13 aromatic rings. The number of benzene rings is 13. The van der Waals surface area contributed by atoms with Gasteiger partial charge in [-0.1, -0.05) is 184 Å². The van der Waals surface area contributed by atoms with Gasteiger partial charge in [0.05, 0.1) is 22.7 Å². The van der Waals surface area contributed by atoms with E-state index in [9.17, 15) is 0 Å². The fourth-order valence-electron chi connectivity index (χ4n) is 15.5. The number of hydrogen-bond acceptors (Lipinski definition) is 6. The summed E-state index contributed by atoms with van der Waals surface area (Å²) >= 11 is 7.76. The zero-order valence-electron chi connectivity index (χ0n) is 51.3. The van der Waals surface area contributed by atoms with Gasteiger partial charge in [-0.25, -0.2) is 0 Å². The Morgan fingerprint density at radius 1 is 0.250 bits per heavy atom. The maximum atomic E-state index is 3.88. The summed E-state index contributed by atoms with van der Waals surface area (Å²) < 4.78 is 2.12. The molecule has 6 nitrogen and oxygen atoms in total. The summed E-state index contributed by atoms with van der Waals surface area (Å²) in [5, 5.41) is 0. The van der Waals surface area contributed by atoms with E-state index in [2.05, 4.69) is 380 Å². The van der Waals surface area contributed by atoms with E-state index in [0.29, 0.717) is 0 Å². The molecule has 4 aliphatic heterocycles. The van der Waals surface area contributed by atoms with Crippen molar-refractivity contribution in [1.29, 1.82) is 0 Å². The van der Waals surface area contributed by atoms with E-state index in [0.717, 1.165) is 111 Å². The lowest BCUT2D eigenvalue weighted by atomic mass is 9.30. The van der Waals surface area contributed by atoms with Gasteiger partial charge in [-0.05, 0) is 222 Å². The number of anilines is 18. The van der Waals surface area contributed by atoms with Crippen LogP contribution in [0.25, 0.3) is 0 Å². The molecule has 4 aliphatic rings. The van der Waals surface area contributed by atoms with Crippen LogP contribution in [0.1, 0.15) is 22.3 Å². The third-order valence-corrected chi connectivity index (χ3v) is 19.9. The van der Waals surface area contributed by atoms with Crippen LogP contribution in [0, 0.1) is 27.7 Å². The Morgan fingerprint density at radius 3 is 0.837 bits per heavy atom. The molecular formula is C82H60B2Br2N6. The lowest BCUT2D eigenvalue weighted by molar-refractivity contribution is 1.19. The Labute approximate surface area is 555 Å². The van der Waals surface area contributed by atoms with Crippen LogP contribution in [-0.4, -0.2) is 13.4 Å². The summed E-state index contributed by atoms with van der Waals surface area (Å²) in [6.07, 6.45) is 0. The van der Waals surface area contributed by atoms with Gasteiger partial charge in [0.25, 0.3) is 13.4 Å². The summed E-state index contributed by atoms with van der Waals surface area (Å²) in [5.74, 6) is 0. The van der Waals surface area contributed by atoms with Crippen molar-refractivity contribution in [3.8, 4) is 0 Å². The number of hydrogen-bond donors (Lipinski definition) is 0. The Hall–Kier alpha value is -10.3. The summed E-state index contributed by atoms with van der Waals surface area (Å²) in [5.41, 5.74) is 32.2. The molecule has 0 N–H and O–H groups in total. The van der Waals surface area contributed by atoms with Crippen molar-refractivity contribution in [2.24, 2.45) is 0 Å². The summed E-state index contributed by atoms with van der Waals surface area (Å²) in [6.45, 7) is 8.60. The van der Waals surface area contributed by atoms with Crippen molar-refractivity contribution < 1.29 is 0 Å². The Morgan fingerprint density at radius 2 is 0.522 bits per heavy atom. The van der Waals surface area contributed by atoms with Crippen molar-refractivity contribution in [2.45, 2.75) is 27.7 Å². The first-order valence-electron chi connectivity index (χ1n) is 31.5. The van der Waals surface area contributed by atoms with Crippen molar-refractivity contribution >= 4 is 180 Å². The summed E-state index contributed by atoms with van der Waals surface area (Å²) in [6, 6.07) is 108. The normalized spacial score (nSPS) is 13.0. The highest BCUT2D eigenvalue weighted by atomic mass is 79.9. The SMILES string of the molecule is Cc1cc(Br)cc(C)c1N(c1ccccc1)c1cc2c3c(c1)N(c1ccccc1)c1cc4c(cc1B3c1ccccc1N2c1ccccc1)B1c2ccccc2N(c2ccccc2)c2cc(N(c3ccccc3)c3c(C)cc(Br)cc3C)cc(c21)N4c1ccccc1. The second-order valence-corrected chi connectivity index (χ2v) is 26.4. The molecule has 0 bridgehead atoms. The van der Waals surface area contributed by atoms with Crippen LogP contribution < -0.4 is 62.2 Å². The minimum atomic E-state index is -0.170. The van der Waals surface area contributed by atoms with E-state index in [-0.39, 0.29) is 13.4 Å². The average Bonchev–Trinajstić information content (AvgIpc) is 0.691. The maximum Gasteiger partial charge on any atom is 0.252 e. The van der Waals surface area contributed by atoms with Crippen LogP contribution in [0.15, 0.2) is 300 Å². The first-order valence-corrected chi connectivity index (χ1v) is 33.1. The van der Waals surface area contributed by atoms with E-state index >= 15 is 0 Å². The van der Waals surface area contributed by atoms with Crippen molar-refractivity contribution in [1.82, 2.24) is 0 Å². The molecule has 0 amide bonds. The summed E-state index contributed by atoms with van der Waals surface area (Å²) in [7, 11) is 0. The van der Waals surface area contributed by atoms with Gasteiger partial charge in [0, 0.05) is 88.6 Å². The van der Waals surface area contributed by atoms with Gasteiger partial charge < -0.3 is 29.4 Å². The number of rotatable bonds is 10. The molecule has 0 spiro atoms. The third kappa shape index (κ3) is 8.90. The van der Waals surface area contributed by atoms with Crippen LogP contribution in [0.2, 0.25) is 0 Å². The van der Waals surface area contributed by atoms with Gasteiger partial charge in [-0.15, -0.1) is 0 Å². The fraction of sp³-hybridized carbons (Fsp3) is 0.0488. The molecule has 13 aromatic carbocycles. The highest BCUT2D eigenvalue weighted by Crippen LogP contribution is 2.53. The number of halogens is 2. The second kappa shape index (κ2) is 22.3. The molecule has 4 heterocycles. The lowest BCUT2D eigenvalue weighted by Crippen LogP contribution is -2.65. The van der Waals surface area contributed by atoms with Crippen LogP contribution in [0.5, 0.6) is 0 Å². The van der Waals surface area contributed by atoms with Gasteiger partial charge in [0.15, 0.2) is 0 Å². The first-order chi connectivity index (χ1) is 45.2. The highest BCUT2D eigenvalue weighted by Gasteiger charge is 2.49.